The second-order valence-corrected chi connectivity index (χ2v) is 7.00. The topological polar surface area (TPSA) is 110 Å². The van der Waals surface area contributed by atoms with Gasteiger partial charge >= 0.3 is 0 Å². The molecule has 0 saturated heterocycles. The maximum absolute atomic E-state index is 13.6. The number of pyridine rings is 1. The van der Waals surface area contributed by atoms with Crippen molar-refractivity contribution in [1.82, 2.24) is 14.5 Å². The average Bonchev–Trinajstić information content (AvgIpc) is 2.76. The van der Waals surface area contributed by atoms with Gasteiger partial charge in [-0.05, 0) is 24.6 Å². The Morgan fingerprint density at radius 1 is 1.13 bits per heavy atom. The molecule has 30 heavy (non-hydrogen) atoms. The van der Waals surface area contributed by atoms with E-state index in [0.717, 1.165) is 16.8 Å². The number of nitrogens with zero attached hydrogens (tertiary/aromatic N) is 4. The van der Waals surface area contributed by atoms with Crippen molar-refractivity contribution in [3.8, 4) is 17.3 Å². The molecule has 0 radical (unpaired) electrons. The molecule has 4 aromatic rings. The van der Waals surface area contributed by atoms with Crippen molar-refractivity contribution in [2.24, 2.45) is 7.05 Å². The number of aromatic nitrogens is 3. The number of nitrogens with one attached hydrogen (secondary N) is 1. The summed E-state index contributed by atoms with van der Waals surface area (Å²) in [7, 11) is 1.95. The van der Waals surface area contributed by atoms with Crippen molar-refractivity contribution in [2.75, 3.05) is 11.1 Å². The molecule has 0 amide bonds. The highest BCUT2D eigenvalue weighted by molar-refractivity contribution is 5.84. The second kappa shape index (κ2) is 7.68. The fourth-order valence-corrected chi connectivity index (χ4v) is 3.72. The molecular weight excluding hydrogens is 376 g/mol. The SMILES string of the molecule is CC(Nc1nc(N)ncc1C#N)c1c(-c2ccccc2)n(C)c2ccccc2c1=O. The van der Waals surface area contributed by atoms with E-state index in [1.54, 1.807) is 0 Å². The fourth-order valence-electron chi connectivity index (χ4n) is 3.72. The smallest absolute Gasteiger partial charge is 0.222 e. The zero-order valence-corrected chi connectivity index (χ0v) is 16.6. The van der Waals surface area contributed by atoms with Gasteiger partial charge in [-0.2, -0.15) is 10.2 Å². The average molecular weight is 396 g/mol. The predicted octanol–water partition coefficient (Wildman–Crippen LogP) is 3.62. The van der Waals surface area contributed by atoms with E-state index in [0.29, 0.717) is 16.8 Å². The minimum atomic E-state index is -0.440. The Balaban J connectivity index is 1.96. The van der Waals surface area contributed by atoms with E-state index in [9.17, 15) is 10.1 Å². The number of nitrogens with two attached hydrogens (primary N) is 1. The van der Waals surface area contributed by atoms with Gasteiger partial charge in [0.15, 0.2) is 5.43 Å². The van der Waals surface area contributed by atoms with Gasteiger partial charge in [-0.15, -0.1) is 0 Å². The number of aryl methyl sites for hydroxylation is 1. The monoisotopic (exact) mass is 396 g/mol. The van der Waals surface area contributed by atoms with Crippen LogP contribution < -0.4 is 16.5 Å². The fraction of sp³-hybridized carbons (Fsp3) is 0.130. The summed E-state index contributed by atoms with van der Waals surface area (Å²) in [5.74, 6) is 0.352. The lowest BCUT2D eigenvalue weighted by atomic mass is 9.97. The van der Waals surface area contributed by atoms with Crippen LogP contribution in [0.5, 0.6) is 0 Å². The number of nitriles is 1. The molecule has 2 aromatic carbocycles. The lowest BCUT2D eigenvalue weighted by Crippen LogP contribution is -2.23. The molecule has 148 valence electrons. The minimum absolute atomic E-state index is 0.0541. The van der Waals surface area contributed by atoms with Gasteiger partial charge in [-0.1, -0.05) is 42.5 Å². The molecule has 2 heterocycles. The number of nitrogen functional groups attached to an aromatic ring is 1. The molecule has 7 heteroatoms. The lowest BCUT2D eigenvalue weighted by molar-refractivity contribution is 0.836. The predicted molar refractivity (Wildman–Crippen MR) is 118 cm³/mol. The third kappa shape index (κ3) is 3.25. The normalized spacial score (nSPS) is 11.8. The number of hydrogen-bond donors (Lipinski definition) is 2. The van der Waals surface area contributed by atoms with Gasteiger partial charge < -0.3 is 15.6 Å². The molecule has 0 spiro atoms. The molecule has 4 rings (SSSR count). The van der Waals surface area contributed by atoms with Crippen LogP contribution in [-0.2, 0) is 7.05 Å². The van der Waals surface area contributed by atoms with Crippen LogP contribution >= 0.6 is 0 Å². The van der Waals surface area contributed by atoms with Crippen LogP contribution in [0.1, 0.15) is 24.1 Å². The molecule has 0 aliphatic rings. The number of fused-ring (bicyclic) bond motifs is 1. The molecule has 1 unspecified atom stereocenters. The summed E-state index contributed by atoms with van der Waals surface area (Å²) in [5.41, 5.74) is 9.07. The molecule has 0 saturated carbocycles. The molecule has 1 atom stereocenters. The Morgan fingerprint density at radius 2 is 1.83 bits per heavy atom. The molecule has 0 fully saturated rings. The summed E-state index contributed by atoms with van der Waals surface area (Å²) >= 11 is 0. The third-order valence-corrected chi connectivity index (χ3v) is 5.11. The van der Waals surface area contributed by atoms with Crippen molar-refractivity contribution in [3.05, 3.63) is 82.1 Å². The first-order valence-corrected chi connectivity index (χ1v) is 9.47. The molecule has 0 bridgehead atoms. The van der Waals surface area contributed by atoms with Gasteiger partial charge in [-0.3, -0.25) is 4.79 Å². The van der Waals surface area contributed by atoms with Crippen molar-refractivity contribution in [3.63, 3.8) is 0 Å². The van der Waals surface area contributed by atoms with Gasteiger partial charge in [0.05, 0.1) is 23.4 Å². The van der Waals surface area contributed by atoms with Crippen LogP contribution in [0.4, 0.5) is 11.8 Å². The largest absolute Gasteiger partial charge is 0.368 e. The van der Waals surface area contributed by atoms with Gasteiger partial charge in [0.1, 0.15) is 17.5 Å². The van der Waals surface area contributed by atoms with E-state index in [4.69, 9.17) is 5.73 Å². The summed E-state index contributed by atoms with van der Waals surface area (Å²) in [4.78, 5) is 21.6. The highest BCUT2D eigenvalue weighted by Crippen LogP contribution is 2.30. The van der Waals surface area contributed by atoms with Crippen molar-refractivity contribution < 1.29 is 0 Å². The molecule has 2 aromatic heterocycles. The summed E-state index contributed by atoms with van der Waals surface area (Å²) in [6.07, 6.45) is 1.37. The van der Waals surface area contributed by atoms with E-state index in [1.807, 2.05) is 73.1 Å². The van der Waals surface area contributed by atoms with Crippen LogP contribution in [0.15, 0.2) is 65.6 Å². The maximum Gasteiger partial charge on any atom is 0.222 e. The third-order valence-electron chi connectivity index (χ3n) is 5.11. The zero-order chi connectivity index (χ0) is 21.3. The van der Waals surface area contributed by atoms with E-state index < -0.39 is 6.04 Å². The van der Waals surface area contributed by atoms with Gasteiger partial charge in [0, 0.05) is 18.0 Å². The number of anilines is 2. The molecular formula is C23H20N6O. The van der Waals surface area contributed by atoms with Gasteiger partial charge in [0.25, 0.3) is 0 Å². The zero-order valence-electron chi connectivity index (χ0n) is 16.6. The van der Waals surface area contributed by atoms with Gasteiger partial charge in [-0.25, -0.2) is 4.98 Å². The van der Waals surface area contributed by atoms with Crippen LogP contribution in [-0.4, -0.2) is 14.5 Å². The van der Waals surface area contributed by atoms with E-state index >= 15 is 0 Å². The van der Waals surface area contributed by atoms with E-state index in [1.165, 1.54) is 6.20 Å². The first kappa shape index (κ1) is 19.2. The molecule has 0 aliphatic carbocycles. The first-order valence-electron chi connectivity index (χ1n) is 9.47. The lowest BCUT2D eigenvalue weighted by Gasteiger charge is -2.23. The second-order valence-electron chi connectivity index (χ2n) is 7.00. The number of para-hydroxylation sites is 1. The quantitative estimate of drug-likeness (QED) is 0.545. The molecule has 3 N–H and O–H groups in total. The summed E-state index contributed by atoms with van der Waals surface area (Å²) in [6, 6.07) is 18.9. The Bertz CT molecular complexity index is 1340. The number of hydrogen-bond acceptors (Lipinski definition) is 6. The maximum atomic E-state index is 13.6. The van der Waals surface area contributed by atoms with Crippen molar-refractivity contribution in [2.45, 2.75) is 13.0 Å². The minimum Gasteiger partial charge on any atom is -0.368 e. The standard InChI is InChI=1S/C23H20N6O/c1-14(27-22-16(12-24)13-26-23(25)28-22)19-20(15-8-4-3-5-9-15)29(2)18-11-7-6-10-17(18)21(19)30/h3-11,13-14H,1-2H3,(H3,25,26,27,28). The highest BCUT2D eigenvalue weighted by atomic mass is 16.1. The Morgan fingerprint density at radius 3 is 2.57 bits per heavy atom. The summed E-state index contributed by atoms with van der Waals surface area (Å²) in [5, 5.41) is 13.2. The number of benzene rings is 2. The van der Waals surface area contributed by atoms with Crippen LogP contribution in [0, 0.1) is 11.3 Å². The Hall–Kier alpha value is -4.18. The van der Waals surface area contributed by atoms with Gasteiger partial charge in [0.2, 0.25) is 5.95 Å². The number of rotatable bonds is 4. The van der Waals surface area contributed by atoms with Crippen LogP contribution in [0.3, 0.4) is 0 Å². The molecule has 0 aliphatic heterocycles. The molecule has 7 nitrogen and oxygen atoms in total. The Kier molecular flexibility index (Phi) is 4.90. The summed E-state index contributed by atoms with van der Waals surface area (Å²) in [6.45, 7) is 1.87. The summed E-state index contributed by atoms with van der Waals surface area (Å²) < 4.78 is 2.03. The van der Waals surface area contributed by atoms with Crippen LogP contribution in [0.2, 0.25) is 0 Å². The van der Waals surface area contributed by atoms with Crippen molar-refractivity contribution in [1.29, 1.82) is 5.26 Å². The van der Waals surface area contributed by atoms with Crippen LogP contribution in [0.25, 0.3) is 22.2 Å². The van der Waals surface area contributed by atoms with Crippen molar-refractivity contribution >= 4 is 22.7 Å². The first-order chi connectivity index (χ1) is 14.5. The van der Waals surface area contributed by atoms with E-state index in [2.05, 4.69) is 21.4 Å². The highest BCUT2D eigenvalue weighted by Gasteiger charge is 2.22. The Labute approximate surface area is 173 Å². The van der Waals surface area contributed by atoms with E-state index in [-0.39, 0.29) is 16.9 Å².